The number of rotatable bonds is 3. The van der Waals surface area contributed by atoms with Crippen molar-refractivity contribution in [2.45, 2.75) is 23.1 Å². The number of thioether (sulfide) groups is 2. The number of anilines is 2. The molecule has 0 aliphatic carbocycles. The Morgan fingerprint density at radius 3 is 2.73 bits per heavy atom. The van der Waals surface area contributed by atoms with Gasteiger partial charge in [0.15, 0.2) is 0 Å². The lowest BCUT2D eigenvalue weighted by molar-refractivity contribution is 0.461. The van der Waals surface area contributed by atoms with Gasteiger partial charge in [0.2, 0.25) is 0 Å². The van der Waals surface area contributed by atoms with E-state index >= 15 is 0 Å². The summed E-state index contributed by atoms with van der Waals surface area (Å²) >= 11 is 3.46. The lowest BCUT2D eigenvalue weighted by Crippen LogP contribution is -2.24. The number of hydrogen-bond donors (Lipinski definition) is 1. The molecule has 2 aromatic carbocycles. The molecule has 0 saturated heterocycles. The Labute approximate surface area is 140 Å². The van der Waals surface area contributed by atoms with Gasteiger partial charge in [-0.3, -0.25) is 0 Å². The van der Waals surface area contributed by atoms with E-state index in [1.54, 1.807) is 11.8 Å². The van der Waals surface area contributed by atoms with Crippen molar-refractivity contribution in [1.82, 2.24) is 0 Å². The third-order valence-corrected chi connectivity index (χ3v) is 6.15. The van der Waals surface area contributed by atoms with Crippen LogP contribution in [0.5, 0.6) is 5.75 Å². The highest BCUT2D eigenvalue weighted by molar-refractivity contribution is 7.99. The van der Waals surface area contributed by atoms with Crippen LogP contribution in [0.4, 0.5) is 11.4 Å². The van der Waals surface area contributed by atoms with Gasteiger partial charge in [-0.05, 0) is 36.4 Å². The van der Waals surface area contributed by atoms with E-state index in [0.29, 0.717) is 11.7 Å². The molecule has 0 fully saturated rings. The topological polar surface area (TPSA) is 23.5 Å². The van der Waals surface area contributed by atoms with Crippen molar-refractivity contribution < 1.29 is 5.11 Å². The summed E-state index contributed by atoms with van der Waals surface area (Å²) in [5, 5.41) is 10.2. The van der Waals surface area contributed by atoms with Crippen molar-refractivity contribution in [3.8, 4) is 5.75 Å². The molecule has 1 heterocycles. The summed E-state index contributed by atoms with van der Waals surface area (Å²) in [7, 11) is 0. The summed E-state index contributed by atoms with van der Waals surface area (Å²) in [5.41, 5.74) is 2.44. The molecular formula is C18H21NOS2. The van der Waals surface area contributed by atoms with E-state index < -0.39 is 0 Å². The Morgan fingerprint density at radius 2 is 2.05 bits per heavy atom. The van der Waals surface area contributed by atoms with E-state index in [-0.39, 0.29) is 0 Å². The molecule has 0 saturated carbocycles. The second-order valence-corrected chi connectivity index (χ2v) is 7.43. The molecule has 1 aliphatic rings. The molecule has 22 heavy (non-hydrogen) atoms. The van der Waals surface area contributed by atoms with Crippen molar-refractivity contribution >= 4 is 34.9 Å². The highest BCUT2D eigenvalue weighted by Gasteiger charge is 2.24. The van der Waals surface area contributed by atoms with Crippen LogP contribution in [0.15, 0.2) is 52.3 Å². The molecule has 0 aromatic heterocycles. The molecule has 2 aromatic rings. The average molecular weight is 332 g/mol. The van der Waals surface area contributed by atoms with Gasteiger partial charge < -0.3 is 10.0 Å². The fourth-order valence-electron chi connectivity index (χ4n) is 2.74. The van der Waals surface area contributed by atoms with Gasteiger partial charge in [0, 0.05) is 22.9 Å². The molecule has 0 spiro atoms. The van der Waals surface area contributed by atoms with Crippen LogP contribution < -0.4 is 4.90 Å². The zero-order valence-electron chi connectivity index (χ0n) is 13.0. The maximum absolute atomic E-state index is 10.2. The quantitative estimate of drug-likeness (QED) is 0.762. The monoisotopic (exact) mass is 331 g/mol. The van der Waals surface area contributed by atoms with E-state index in [0.717, 1.165) is 17.2 Å². The van der Waals surface area contributed by atoms with E-state index in [2.05, 4.69) is 48.2 Å². The smallest absolute Gasteiger partial charge is 0.130 e. The van der Waals surface area contributed by atoms with Crippen molar-refractivity contribution in [2.24, 2.45) is 5.92 Å². The minimum atomic E-state index is 0.390. The summed E-state index contributed by atoms with van der Waals surface area (Å²) in [4.78, 5) is 4.52. The minimum Gasteiger partial charge on any atom is -0.507 e. The number of para-hydroxylation sites is 1. The van der Waals surface area contributed by atoms with Gasteiger partial charge in [0.1, 0.15) is 5.75 Å². The first-order chi connectivity index (χ1) is 10.7. The Balaban J connectivity index is 2.10. The normalized spacial score (nSPS) is 17.9. The Hall–Kier alpha value is -1.26. The number of fused-ring (bicyclic) bond motifs is 1. The van der Waals surface area contributed by atoms with Crippen molar-refractivity contribution in [2.75, 3.05) is 23.5 Å². The third kappa shape index (κ3) is 3.08. The van der Waals surface area contributed by atoms with Crippen LogP contribution in [-0.4, -0.2) is 23.7 Å². The van der Waals surface area contributed by atoms with Gasteiger partial charge in [-0.1, -0.05) is 31.5 Å². The van der Waals surface area contributed by atoms with E-state index in [1.165, 1.54) is 22.7 Å². The highest BCUT2D eigenvalue weighted by Crippen LogP contribution is 2.44. The van der Waals surface area contributed by atoms with Gasteiger partial charge >= 0.3 is 0 Å². The third-order valence-electron chi connectivity index (χ3n) is 4.11. The molecular weight excluding hydrogens is 310 g/mol. The highest BCUT2D eigenvalue weighted by atomic mass is 32.2. The number of phenolic OH excluding ortho intramolecular Hbond substituents is 1. The van der Waals surface area contributed by atoms with E-state index in [1.807, 2.05) is 24.1 Å². The zero-order valence-corrected chi connectivity index (χ0v) is 14.6. The second kappa shape index (κ2) is 6.88. The van der Waals surface area contributed by atoms with Crippen LogP contribution >= 0.6 is 23.5 Å². The van der Waals surface area contributed by atoms with Crippen molar-refractivity contribution in [3.05, 3.63) is 42.5 Å². The first-order valence-electron chi connectivity index (χ1n) is 7.59. The van der Waals surface area contributed by atoms with Crippen LogP contribution in [0.3, 0.4) is 0 Å². The summed E-state index contributed by atoms with van der Waals surface area (Å²) in [6, 6.07) is 14.6. The largest absolute Gasteiger partial charge is 0.507 e. The lowest BCUT2D eigenvalue weighted by atomic mass is 10.1. The van der Waals surface area contributed by atoms with Gasteiger partial charge in [-0.25, -0.2) is 0 Å². The van der Waals surface area contributed by atoms with Gasteiger partial charge in [0.25, 0.3) is 0 Å². The average Bonchev–Trinajstić information content (AvgIpc) is 2.74. The van der Waals surface area contributed by atoms with Crippen LogP contribution in [0, 0.1) is 5.92 Å². The number of hydrogen-bond acceptors (Lipinski definition) is 4. The van der Waals surface area contributed by atoms with Gasteiger partial charge in [-0.2, -0.15) is 0 Å². The standard InChI is InChI=1S/C18H21NOS2/c1-3-13-11-19(14-7-5-4-6-8-14)15-9-18(21-2)16(20)10-17(15)22-12-13/h4-10,13,20H,3,11-12H2,1-2H3. The second-order valence-electron chi connectivity index (χ2n) is 5.52. The first kappa shape index (κ1) is 15.6. The summed E-state index contributed by atoms with van der Waals surface area (Å²) in [6.45, 7) is 3.29. The maximum Gasteiger partial charge on any atom is 0.130 e. The molecule has 4 heteroatoms. The Morgan fingerprint density at radius 1 is 1.27 bits per heavy atom. The molecule has 1 N–H and O–H groups in total. The van der Waals surface area contributed by atoms with Crippen LogP contribution in [0.2, 0.25) is 0 Å². The fourth-order valence-corrected chi connectivity index (χ4v) is 4.51. The van der Waals surface area contributed by atoms with Gasteiger partial charge in [-0.15, -0.1) is 23.5 Å². The maximum atomic E-state index is 10.2. The lowest BCUT2D eigenvalue weighted by Gasteiger charge is -2.27. The zero-order chi connectivity index (χ0) is 15.5. The first-order valence-corrected chi connectivity index (χ1v) is 9.80. The molecule has 0 radical (unpaired) electrons. The summed E-state index contributed by atoms with van der Waals surface area (Å²) < 4.78 is 0. The van der Waals surface area contributed by atoms with Crippen molar-refractivity contribution in [1.29, 1.82) is 0 Å². The SMILES string of the molecule is CCC1CSc2cc(O)c(SC)cc2N(c2ccccc2)C1. The number of nitrogens with zero attached hydrogens (tertiary/aromatic N) is 1. The number of benzene rings is 2. The Kier molecular flexibility index (Phi) is 4.89. The summed E-state index contributed by atoms with van der Waals surface area (Å²) in [6.07, 6.45) is 3.18. The van der Waals surface area contributed by atoms with Crippen molar-refractivity contribution in [3.63, 3.8) is 0 Å². The van der Waals surface area contributed by atoms with E-state index in [9.17, 15) is 5.11 Å². The number of phenols is 1. The molecule has 1 atom stereocenters. The molecule has 116 valence electrons. The Bertz CT molecular complexity index is 645. The van der Waals surface area contributed by atoms with E-state index in [4.69, 9.17) is 0 Å². The molecule has 2 nitrogen and oxygen atoms in total. The minimum absolute atomic E-state index is 0.390. The molecule has 0 amide bonds. The van der Waals surface area contributed by atoms with Crippen LogP contribution in [0.1, 0.15) is 13.3 Å². The predicted molar refractivity (Wildman–Crippen MR) is 97.8 cm³/mol. The molecule has 3 rings (SSSR count). The fraction of sp³-hybridized carbons (Fsp3) is 0.333. The van der Waals surface area contributed by atoms with Gasteiger partial charge in [0.05, 0.1) is 10.6 Å². The summed E-state index contributed by atoms with van der Waals surface area (Å²) in [5.74, 6) is 2.14. The van der Waals surface area contributed by atoms with Crippen LogP contribution in [-0.2, 0) is 0 Å². The number of aromatic hydroxyl groups is 1. The molecule has 1 aliphatic heterocycles. The predicted octanol–water partition coefficient (Wildman–Crippen LogP) is 5.38. The molecule has 1 unspecified atom stereocenters. The van der Waals surface area contributed by atoms with Crippen LogP contribution in [0.25, 0.3) is 0 Å². The molecule has 0 bridgehead atoms.